The van der Waals surface area contributed by atoms with E-state index in [0.717, 1.165) is 37.7 Å². The topological polar surface area (TPSA) is 42.7 Å². The Hall–Kier alpha value is -0.900. The molecule has 0 aliphatic carbocycles. The van der Waals surface area contributed by atoms with Gasteiger partial charge in [-0.2, -0.15) is 0 Å². The van der Waals surface area contributed by atoms with Gasteiger partial charge in [0.05, 0.1) is 0 Å². The minimum atomic E-state index is 0.521. The first-order valence-electron chi connectivity index (χ1n) is 5.40. The van der Waals surface area contributed by atoms with Crippen molar-refractivity contribution in [3.63, 3.8) is 0 Å². The number of rotatable bonds is 4. The van der Waals surface area contributed by atoms with E-state index in [1.807, 2.05) is 6.33 Å². The lowest BCUT2D eigenvalue weighted by Gasteiger charge is -2.27. The molecule has 1 atom stereocenters. The van der Waals surface area contributed by atoms with Gasteiger partial charge in [0.15, 0.2) is 0 Å². The van der Waals surface area contributed by atoms with Crippen LogP contribution in [0.4, 0.5) is 0 Å². The summed E-state index contributed by atoms with van der Waals surface area (Å²) in [5, 5.41) is 11.5. The summed E-state index contributed by atoms with van der Waals surface area (Å²) in [4.78, 5) is 0. The Bertz CT molecular complexity index is 290. The van der Waals surface area contributed by atoms with Crippen LogP contribution in [0.2, 0.25) is 0 Å². The van der Waals surface area contributed by atoms with Crippen molar-refractivity contribution in [3.8, 4) is 0 Å². The van der Waals surface area contributed by atoms with Crippen LogP contribution in [0.3, 0.4) is 0 Å². The molecule has 0 spiro atoms. The molecule has 78 valence electrons. The standard InChI is InChI=1S/C10H18N4/c1-3-8(2)14-7-12-13-10(14)4-9-5-11-6-9/h7-9,11H,3-6H2,1-2H3. The monoisotopic (exact) mass is 194 g/mol. The Labute approximate surface area is 84.7 Å². The second kappa shape index (κ2) is 4.09. The quantitative estimate of drug-likeness (QED) is 0.778. The molecule has 0 amide bonds. The molecule has 1 aromatic rings. The van der Waals surface area contributed by atoms with E-state index < -0.39 is 0 Å². The summed E-state index contributed by atoms with van der Waals surface area (Å²) in [7, 11) is 0. The smallest absolute Gasteiger partial charge is 0.133 e. The predicted octanol–water partition coefficient (Wildman–Crippen LogP) is 1.01. The third-order valence-electron chi connectivity index (χ3n) is 3.05. The van der Waals surface area contributed by atoms with Crippen molar-refractivity contribution in [1.29, 1.82) is 0 Å². The maximum Gasteiger partial charge on any atom is 0.133 e. The highest BCUT2D eigenvalue weighted by atomic mass is 15.3. The van der Waals surface area contributed by atoms with Crippen LogP contribution in [0.25, 0.3) is 0 Å². The lowest BCUT2D eigenvalue weighted by Crippen LogP contribution is -2.43. The SMILES string of the molecule is CCC(C)n1cnnc1CC1CNC1. The van der Waals surface area contributed by atoms with Gasteiger partial charge in [0.1, 0.15) is 12.2 Å². The first-order chi connectivity index (χ1) is 6.81. The molecule has 1 aromatic heterocycles. The van der Waals surface area contributed by atoms with Crippen molar-refractivity contribution in [2.75, 3.05) is 13.1 Å². The minimum absolute atomic E-state index is 0.521. The molecule has 0 aromatic carbocycles. The van der Waals surface area contributed by atoms with Gasteiger partial charge in [-0.05, 0) is 32.4 Å². The Morgan fingerprint density at radius 1 is 1.64 bits per heavy atom. The van der Waals surface area contributed by atoms with E-state index >= 15 is 0 Å². The number of nitrogens with one attached hydrogen (secondary N) is 1. The van der Waals surface area contributed by atoms with Gasteiger partial charge in [-0.25, -0.2) is 0 Å². The molecule has 0 bridgehead atoms. The van der Waals surface area contributed by atoms with E-state index in [1.165, 1.54) is 0 Å². The van der Waals surface area contributed by atoms with Crippen molar-refractivity contribution in [3.05, 3.63) is 12.2 Å². The average Bonchev–Trinajstić information content (AvgIpc) is 2.58. The molecule has 1 saturated heterocycles. The molecule has 2 heterocycles. The van der Waals surface area contributed by atoms with Crippen LogP contribution < -0.4 is 5.32 Å². The van der Waals surface area contributed by atoms with Crippen LogP contribution in [-0.4, -0.2) is 27.9 Å². The van der Waals surface area contributed by atoms with Crippen molar-refractivity contribution >= 4 is 0 Å². The van der Waals surface area contributed by atoms with Crippen LogP contribution in [0.1, 0.15) is 32.1 Å². The van der Waals surface area contributed by atoms with Gasteiger partial charge >= 0.3 is 0 Å². The highest BCUT2D eigenvalue weighted by Gasteiger charge is 2.20. The summed E-state index contributed by atoms with van der Waals surface area (Å²) >= 11 is 0. The summed E-state index contributed by atoms with van der Waals surface area (Å²) < 4.78 is 2.21. The number of hydrogen-bond acceptors (Lipinski definition) is 3. The zero-order valence-corrected chi connectivity index (χ0v) is 8.90. The second-order valence-electron chi connectivity index (χ2n) is 4.14. The van der Waals surface area contributed by atoms with E-state index in [-0.39, 0.29) is 0 Å². The maximum atomic E-state index is 4.19. The van der Waals surface area contributed by atoms with E-state index in [2.05, 4.69) is 33.9 Å². The van der Waals surface area contributed by atoms with Gasteiger partial charge < -0.3 is 9.88 Å². The van der Waals surface area contributed by atoms with E-state index in [1.54, 1.807) is 0 Å². The highest BCUT2D eigenvalue weighted by molar-refractivity contribution is 4.93. The molecule has 2 rings (SSSR count). The van der Waals surface area contributed by atoms with Crippen molar-refractivity contribution in [2.24, 2.45) is 5.92 Å². The predicted molar refractivity (Wildman–Crippen MR) is 55.1 cm³/mol. The Kier molecular flexibility index (Phi) is 2.82. The first kappa shape index (κ1) is 9.65. The van der Waals surface area contributed by atoms with Gasteiger partial charge in [-0.3, -0.25) is 0 Å². The molecular weight excluding hydrogens is 176 g/mol. The molecule has 0 saturated carbocycles. The van der Waals surface area contributed by atoms with E-state index in [0.29, 0.717) is 6.04 Å². The molecule has 14 heavy (non-hydrogen) atoms. The zero-order valence-electron chi connectivity index (χ0n) is 8.90. The normalized spacial score (nSPS) is 19.3. The van der Waals surface area contributed by atoms with Gasteiger partial charge in [0, 0.05) is 12.5 Å². The van der Waals surface area contributed by atoms with Gasteiger partial charge in [-0.1, -0.05) is 6.92 Å². The largest absolute Gasteiger partial charge is 0.316 e. The zero-order chi connectivity index (χ0) is 9.97. The fourth-order valence-corrected chi connectivity index (χ4v) is 1.73. The molecule has 1 aliphatic heterocycles. The lowest BCUT2D eigenvalue weighted by molar-refractivity contribution is 0.333. The van der Waals surface area contributed by atoms with Gasteiger partial charge in [0.2, 0.25) is 0 Å². The molecule has 1 unspecified atom stereocenters. The van der Waals surface area contributed by atoms with Gasteiger partial charge in [0.25, 0.3) is 0 Å². The molecular formula is C10H18N4. The summed E-state index contributed by atoms with van der Waals surface area (Å²) in [6.45, 7) is 6.67. The van der Waals surface area contributed by atoms with Crippen molar-refractivity contribution in [1.82, 2.24) is 20.1 Å². The van der Waals surface area contributed by atoms with Crippen LogP contribution in [0.15, 0.2) is 6.33 Å². The lowest BCUT2D eigenvalue weighted by atomic mass is 9.99. The molecule has 4 heteroatoms. The number of hydrogen-bond donors (Lipinski definition) is 1. The van der Waals surface area contributed by atoms with Crippen molar-refractivity contribution < 1.29 is 0 Å². The Balaban J connectivity index is 2.04. The van der Waals surface area contributed by atoms with Crippen LogP contribution in [0, 0.1) is 5.92 Å². The molecule has 1 N–H and O–H groups in total. The highest BCUT2D eigenvalue weighted by Crippen LogP contribution is 2.16. The second-order valence-corrected chi connectivity index (χ2v) is 4.14. The van der Waals surface area contributed by atoms with E-state index in [4.69, 9.17) is 0 Å². The minimum Gasteiger partial charge on any atom is -0.316 e. The van der Waals surface area contributed by atoms with Crippen LogP contribution >= 0.6 is 0 Å². The third kappa shape index (κ3) is 1.80. The molecule has 0 radical (unpaired) electrons. The number of nitrogens with zero attached hydrogens (tertiary/aromatic N) is 3. The summed E-state index contributed by atoms with van der Waals surface area (Å²) in [5.41, 5.74) is 0. The fraction of sp³-hybridized carbons (Fsp3) is 0.800. The third-order valence-corrected chi connectivity index (χ3v) is 3.05. The molecule has 4 nitrogen and oxygen atoms in total. The van der Waals surface area contributed by atoms with Crippen LogP contribution in [-0.2, 0) is 6.42 Å². The van der Waals surface area contributed by atoms with Gasteiger partial charge in [-0.15, -0.1) is 10.2 Å². The summed E-state index contributed by atoms with van der Waals surface area (Å²) in [5.74, 6) is 1.91. The fourth-order valence-electron chi connectivity index (χ4n) is 1.73. The Morgan fingerprint density at radius 2 is 2.43 bits per heavy atom. The van der Waals surface area contributed by atoms with Crippen LogP contribution in [0.5, 0.6) is 0 Å². The average molecular weight is 194 g/mol. The first-order valence-corrected chi connectivity index (χ1v) is 5.40. The molecule has 1 aliphatic rings. The van der Waals surface area contributed by atoms with Crippen molar-refractivity contribution in [2.45, 2.75) is 32.7 Å². The Morgan fingerprint density at radius 3 is 3.00 bits per heavy atom. The molecule has 1 fully saturated rings. The summed E-state index contributed by atoms with van der Waals surface area (Å²) in [6.07, 6.45) is 4.06. The maximum absolute atomic E-state index is 4.19. The summed E-state index contributed by atoms with van der Waals surface area (Å²) in [6, 6.07) is 0.521. The number of aromatic nitrogens is 3. The van der Waals surface area contributed by atoms with E-state index in [9.17, 15) is 0 Å².